The van der Waals surface area contributed by atoms with Crippen molar-refractivity contribution in [1.82, 2.24) is 4.72 Å². The molecule has 1 rings (SSSR count). The number of hydrogen-bond donors (Lipinski definition) is 4. The van der Waals surface area contributed by atoms with Crippen LogP contribution in [0.4, 0.5) is 5.69 Å². The summed E-state index contributed by atoms with van der Waals surface area (Å²) >= 11 is 0. The van der Waals surface area contributed by atoms with E-state index in [0.29, 0.717) is 12.2 Å². The van der Waals surface area contributed by atoms with Crippen LogP contribution in [0.15, 0.2) is 34.3 Å². The molecule has 0 aliphatic rings. The first-order valence-corrected chi connectivity index (χ1v) is 9.07. The topological polar surface area (TPSA) is 144 Å². The third kappa shape index (κ3) is 6.36. The molecule has 0 heterocycles. The van der Waals surface area contributed by atoms with E-state index in [1.165, 1.54) is 24.3 Å². The first kappa shape index (κ1) is 19.6. The van der Waals surface area contributed by atoms with Gasteiger partial charge in [-0.1, -0.05) is 26.2 Å². The van der Waals surface area contributed by atoms with Gasteiger partial charge in [0.25, 0.3) is 0 Å². The monoisotopic (exact) mass is 350 g/mol. The van der Waals surface area contributed by atoms with Crippen LogP contribution in [0.2, 0.25) is 0 Å². The Kier molecular flexibility index (Phi) is 7.88. The van der Waals surface area contributed by atoms with Gasteiger partial charge < -0.3 is 5.73 Å². The van der Waals surface area contributed by atoms with Crippen LogP contribution in [0.25, 0.3) is 0 Å². The highest BCUT2D eigenvalue weighted by molar-refractivity contribution is 7.89. The van der Waals surface area contributed by atoms with Crippen molar-refractivity contribution < 1.29 is 8.42 Å². The van der Waals surface area contributed by atoms with Gasteiger partial charge >= 0.3 is 0 Å². The lowest BCUT2D eigenvalue weighted by molar-refractivity contribution is 0.573. The Balaban J connectivity index is 2.66. The van der Waals surface area contributed by atoms with Crippen LogP contribution >= 0.6 is 0 Å². The second kappa shape index (κ2) is 9.64. The molecule has 1 aromatic carbocycles. The van der Waals surface area contributed by atoms with Crippen molar-refractivity contribution in [1.29, 1.82) is 10.7 Å². The minimum absolute atomic E-state index is 0.152. The fraction of sp³-hybridized carbons (Fsp3) is 0.400. The molecule has 0 atom stereocenters. The van der Waals surface area contributed by atoms with E-state index in [1.54, 1.807) is 6.07 Å². The Hall–Kier alpha value is -2.44. The minimum atomic E-state index is -3.53. The van der Waals surface area contributed by atoms with E-state index in [4.69, 9.17) is 16.4 Å². The molecule has 0 aliphatic carbocycles. The fourth-order valence-corrected chi connectivity index (χ4v) is 2.89. The molecule has 24 heavy (non-hydrogen) atoms. The number of benzene rings is 1. The maximum atomic E-state index is 12.1. The van der Waals surface area contributed by atoms with Gasteiger partial charge in [-0.15, -0.1) is 0 Å². The third-order valence-corrected chi connectivity index (χ3v) is 4.62. The molecule has 0 bridgehead atoms. The summed E-state index contributed by atoms with van der Waals surface area (Å²) in [6.07, 6.45) is 4.00. The van der Waals surface area contributed by atoms with E-state index in [0.717, 1.165) is 25.7 Å². The van der Waals surface area contributed by atoms with E-state index in [1.807, 2.05) is 0 Å². The van der Waals surface area contributed by atoms with Gasteiger partial charge in [-0.25, -0.2) is 13.1 Å². The molecule has 0 spiro atoms. The quantitative estimate of drug-likeness (QED) is 0.220. The van der Waals surface area contributed by atoms with E-state index >= 15 is 0 Å². The molecule has 0 saturated carbocycles. The highest BCUT2D eigenvalue weighted by Crippen LogP contribution is 2.14. The number of nitrogens with one attached hydrogen (secondary N) is 3. The average Bonchev–Trinajstić information content (AvgIpc) is 2.55. The highest BCUT2D eigenvalue weighted by atomic mass is 32.2. The second-order valence-electron chi connectivity index (χ2n) is 5.08. The molecule has 0 fully saturated rings. The standard InChI is InChI=1S/C15H22N6O2S/c1-2-3-4-5-10-19-24(22,23)13-8-6-12(7-9-13)20-21-14(11-16)15(17)18/h6-9,19-20H,2-5,10H2,1H3,(H3,17,18)/b21-14+. The van der Waals surface area contributed by atoms with Crippen LogP contribution in [-0.2, 0) is 10.0 Å². The van der Waals surface area contributed by atoms with Crippen molar-refractivity contribution >= 4 is 27.3 Å². The zero-order valence-electron chi connectivity index (χ0n) is 13.5. The number of amidine groups is 1. The highest BCUT2D eigenvalue weighted by Gasteiger charge is 2.12. The van der Waals surface area contributed by atoms with Gasteiger partial charge in [0.1, 0.15) is 6.07 Å². The van der Waals surface area contributed by atoms with Gasteiger partial charge in [0.15, 0.2) is 5.84 Å². The summed E-state index contributed by atoms with van der Waals surface area (Å²) in [6.45, 7) is 2.51. The summed E-state index contributed by atoms with van der Waals surface area (Å²) in [5.41, 5.74) is 7.95. The van der Waals surface area contributed by atoms with Crippen molar-refractivity contribution in [3.63, 3.8) is 0 Å². The number of anilines is 1. The number of hydrazone groups is 1. The number of rotatable bonds is 10. The Morgan fingerprint density at radius 2 is 1.96 bits per heavy atom. The lowest BCUT2D eigenvalue weighted by Gasteiger charge is -2.07. The lowest BCUT2D eigenvalue weighted by Crippen LogP contribution is -2.24. The van der Waals surface area contributed by atoms with Crippen LogP contribution in [0.5, 0.6) is 0 Å². The molecule has 5 N–H and O–H groups in total. The number of hydrogen-bond acceptors (Lipinski definition) is 6. The molecule has 0 radical (unpaired) electrons. The summed E-state index contributed by atoms with van der Waals surface area (Å²) in [7, 11) is -3.53. The maximum Gasteiger partial charge on any atom is 0.240 e. The zero-order chi connectivity index (χ0) is 18.0. The summed E-state index contributed by atoms with van der Waals surface area (Å²) < 4.78 is 26.8. The molecule has 130 valence electrons. The van der Waals surface area contributed by atoms with Gasteiger partial charge in [0.05, 0.1) is 10.6 Å². The van der Waals surface area contributed by atoms with Crippen LogP contribution in [0.3, 0.4) is 0 Å². The van der Waals surface area contributed by atoms with Gasteiger partial charge in [0.2, 0.25) is 15.7 Å². The summed E-state index contributed by atoms with van der Waals surface area (Å²) in [5, 5.41) is 19.5. The van der Waals surface area contributed by atoms with Gasteiger partial charge in [-0.2, -0.15) is 10.4 Å². The Labute approximate surface area is 142 Å². The minimum Gasteiger partial charge on any atom is -0.382 e. The van der Waals surface area contributed by atoms with Crippen molar-refractivity contribution in [3.8, 4) is 6.07 Å². The van der Waals surface area contributed by atoms with Crippen LogP contribution in [-0.4, -0.2) is 26.5 Å². The van der Waals surface area contributed by atoms with Gasteiger partial charge in [-0.05, 0) is 30.7 Å². The van der Waals surface area contributed by atoms with Crippen molar-refractivity contribution in [2.45, 2.75) is 37.5 Å². The van der Waals surface area contributed by atoms with E-state index < -0.39 is 15.9 Å². The summed E-state index contributed by atoms with van der Waals surface area (Å²) in [6, 6.07) is 7.59. The van der Waals surface area contributed by atoms with Gasteiger partial charge in [0, 0.05) is 6.54 Å². The third-order valence-electron chi connectivity index (χ3n) is 3.14. The number of sulfonamides is 1. The fourth-order valence-electron chi connectivity index (χ4n) is 1.82. The Morgan fingerprint density at radius 3 is 2.50 bits per heavy atom. The molecule has 1 aromatic rings. The molecule has 0 saturated heterocycles. The SMILES string of the molecule is CCCCCCNS(=O)(=O)c1ccc(N/N=C(\C#N)C(=N)N)cc1. The Bertz CT molecular complexity index is 719. The van der Waals surface area contributed by atoms with Crippen molar-refractivity contribution in [2.75, 3.05) is 12.0 Å². The van der Waals surface area contributed by atoms with Crippen LogP contribution in [0.1, 0.15) is 32.6 Å². The molecule has 8 nitrogen and oxygen atoms in total. The molecular formula is C15H22N6O2S. The molecule has 0 amide bonds. The normalized spacial score (nSPS) is 11.8. The van der Waals surface area contributed by atoms with E-state index in [9.17, 15) is 8.42 Å². The van der Waals surface area contributed by atoms with Gasteiger partial charge in [-0.3, -0.25) is 10.8 Å². The van der Waals surface area contributed by atoms with E-state index in [-0.39, 0.29) is 10.6 Å². The first-order chi connectivity index (χ1) is 11.4. The maximum absolute atomic E-state index is 12.1. The van der Waals surface area contributed by atoms with Crippen LogP contribution < -0.4 is 15.9 Å². The summed E-state index contributed by atoms with van der Waals surface area (Å²) in [4.78, 5) is 0.152. The second-order valence-corrected chi connectivity index (χ2v) is 6.85. The molecular weight excluding hydrogens is 328 g/mol. The Morgan fingerprint density at radius 1 is 1.29 bits per heavy atom. The zero-order valence-corrected chi connectivity index (χ0v) is 14.4. The number of nitriles is 1. The number of nitrogens with zero attached hydrogens (tertiary/aromatic N) is 2. The molecule has 0 unspecified atom stereocenters. The molecule has 9 heteroatoms. The predicted octanol–water partition coefficient (Wildman–Crippen LogP) is 1.77. The van der Waals surface area contributed by atoms with Crippen molar-refractivity contribution in [2.24, 2.45) is 10.8 Å². The smallest absolute Gasteiger partial charge is 0.240 e. The molecule has 0 aromatic heterocycles. The lowest BCUT2D eigenvalue weighted by atomic mass is 10.2. The molecule has 0 aliphatic heterocycles. The first-order valence-electron chi connectivity index (χ1n) is 7.58. The van der Waals surface area contributed by atoms with Crippen molar-refractivity contribution in [3.05, 3.63) is 24.3 Å². The number of nitrogens with two attached hydrogens (primary N) is 1. The van der Waals surface area contributed by atoms with Crippen LogP contribution in [0, 0.1) is 16.7 Å². The predicted molar refractivity (Wildman–Crippen MR) is 94.4 cm³/mol. The largest absolute Gasteiger partial charge is 0.382 e. The summed E-state index contributed by atoms with van der Waals surface area (Å²) in [5.74, 6) is -0.448. The average molecular weight is 350 g/mol. The number of unbranched alkanes of at least 4 members (excludes halogenated alkanes) is 3. The van der Waals surface area contributed by atoms with E-state index in [2.05, 4.69) is 22.2 Å².